The Hall–Kier alpha value is -1.03. The van der Waals surface area contributed by atoms with Gasteiger partial charge >= 0.3 is 0 Å². The molecule has 1 fully saturated rings. The van der Waals surface area contributed by atoms with Crippen LogP contribution in [0.1, 0.15) is 29.6 Å². The molecule has 0 heterocycles. The van der Waals surface area contributed by atoms with Crippen molar-refractivity contribution in [1.29, 1.82) is 0 Å². The number of nitrogens with one attached hydrogen (secondary N) is 1. The summed E-state index contributed by atoms with van der Waals surface area (Å²) in [6, 6.07) is 5.26. The molecule has 0 aliphatic heterocycles. The molecule has 0 saturated heterocycles. The Morgan fingerprint density at radius 2 is 2.25 bits per heavy atom. The Balaban J connectivity index is 1.88. The minimum absolute atomic E-state index is 0.0418. The zero-order valence-electron chi connectivity index (χ0n) is 9.00. The second kappa shape index (κ2) is 4.87. The molecule has 1 aromatic carbocycles. The molecule has 4 heteroatoms. The van der Waals surface area contributed by atoms with E-state index < -0.39 is 0 Å². The van der Waals surface area contributed by atoms with Crippen LogP contribution in [0.2, 0.25) is 0 Å². The third-order valence-electron chi connectivity index (χ3n) is 2.79. The summed E-state index contributed by atoms with van der Waals surface area (Å²) in [5.74, 6) is 0.801. The first kappa shape index (κ1) is 11.5. The van der Waals surface area contributed by atoms with Crippen molar-refractivity contribution in [2.24, 2.45) is 5.92 Å². The number of hydrogen-bond acceptors (Lipinski definition) is 2. The first-order chi connectivity index (χ1) is 7.66. The van der Waals surface area contributed by atoms with Gasteiger partial charge in [0.15, 0.2) is 0 Å². The van der Waals surface area contributed by atoms with Crippen molar-refractivity contribution in [2.45, 2.75) is 19.3 Å². The van der Waals surface area contributed by atoms with Gasteiger partial charge in [0.05, 0.1) is 0 Å². The van der Waals surface area contributed by atoms with Crippen molar-refractivity contribution in [3.63, 3.8) is 0 Å². The number of rotatable bonds is 4. The predicted molar refractivity (Wildman–Crippen MR) is 68.2 cm³/mol. The quantitative estimate of drug-likeness (QED) is 0.834. The second-order valence-corrected chi connectivity index (χ2v) is 5.08. The third-order valence-corrected chi connectivity index (χ3v) is 3.52. The van der Waals surface area contributed by atoms with E-state index in [2.05, 4.69) is 21.2 Å². The van der Waals surface area contributed by atoms with Crippen LogP contribution in [-0.4, -0.2) is 12.5 Å². The summed E-state index contributed by atoms with van der Waals surface area (Å²) in [6.45, 7) is 0.763. The molecule has 0 radical (unpaired) electrons. The topological polar surface area (TPSA) is 55.1 Å². The Morgan fingerprint density at radius 3 is 2.88 bits per heavy atom. The van der Waals surface area contributed by atoms with Gasteiger partial charge in [-0.3, -0.25) is 4.79 Å². The van der Waals surface area contributed by atoms with Crippen molar-refractivity contribution in [1.82, 2.24) is 5.32 Å². The standard InChI is InChI=1S/C12H15BrN2O/c13-10-4-3-9(7-11(10)14)12(16)15-6-5-8-1-2-8/h3-4,7-8H,1-2,5-6,14H2,(H,15,16). The minimum Gasteiger partial charge on any atom is -0.398 e. The summed E-state index contributed by atoms with van der Waals surface area (Å²) < 4.78 is 0.821. The van der Waals surface area contributed by atoms with Crippen molar-refractivity contribution >= 4 is 27.5 Å². The van der Waals surface area contributed by atoms with Crippen molar-refractivity contribution in [3.05, 3.63) is 28.2 Å². The van der Waals surface area contributed by atoms with E-state index in [0.29, 0.717) is 11.3 Å². The summed E-state index contributed by atoms with van der Waals surface area (Å²) in [5.41, 5.74) is 6.93. The van der Waals surface area contributed by atoms with E-state index in [0.717, 1.165) is 23.4 Å². The summed E-state index contributed by atoms with van der Waals surface area (Å²) in [6.07, 6.45) is 3.74. The highest BCUT2D eigenvalue weighted by atomic mass is 79.9. The van der Waals surface area contributed by atoms with Crippen LogP contribution in [-0.2, 0) is 0 Å². The van der Waals surface area contributed by atoms with Crippen LogP contribution in [0.3, 0.4) is 0 Å². The Bertz CT molecular complexity index is 402. The zero-order valence-corrected chi connectivity index (χ0v) is 10.6. The monoisotopic (exact) mass is 282 g/mol. The molecule has 3 nitrogen and oxygen atoms in total. The Morgan fingerprint density at radius 1 is 1.50 bits per heavy atom. The summed E-state index contributed by atoms with van der Waals surface area (Å²) in [5, 5.41) is 2.91. The van der Waals surface area contributed by atoms with Crippen molar-refractivity contribution in [2.75, 3.05) is 12.3 Å². The number of carbonyl (C=O) groups is 1. The van der Waals surface area contributed by atoms with Crippen LogP contribution in [0, 0.1) is 5.92 Å². The second-order valence-electron chi connectivity index (χ2n) is 4.22. The molecule has 1 saturated carbocycles. The summed E-state index contributed by atoms with van der Waals surface area (Å²) in [4.78, 5) is 11.7. The van der Waals surface area contributed by atoms with Crippen molar-refractivity contribution < 1.29 is 4.79 Å². The van der Waals surface area contributed by atoms with Gasteiger partial charge in [-0.05, 0) is 46.5 Å². The number of halogens is 1. The number of hydrogen-bond donors (Lipinski definition) is 2. The predicted octanol–water partition coefficient (Wildman–Crippen LogP) is 2.56. The average molecular weight is 283 g/mol. The third kappa shape index (κ3) is 2.98. The number of nitrogens with two attached hydrogens (primary N) is 1. The highest BCUT2D eigenvalue weighted by molar-refractivity contribution is 9.10. The molecule has 1 aliphatic carbocycles. The largest absolute Gasteiger partial charge is 0.398 e. The lowest BCUT2D eigenvalue weighted by Gasteiger charge is -2.06. The molecule has 16 heavy (non-hydrogen) atoms. The normalized spacial score (nSPS) is 14.8. The Labute approximate surface area is 104 Å². The SMILES string of the molecule is Nc1cc(C(=O)NCCC2CC2)ccc1Br. The van der Waals surface area contributed by atoms with E-state index in [4.69, 9.17) is 5.73 Å². The molecule has 1 aliphatic rings. The molecular weight excluding hydrogens is 268 g/mol. The molecule has 0 atom stereocenters. The summed E-state index contributed by atoms with van der Waals surface area (Å²) >= 11 is 3.30. The van der Waals surface area contributed by atoms with Gasteiger partial charge in [-0.2, -0.15) is 0 Å². The fourth-order valence-electron chi connectivity index (χ4n) is 1.58. The molecule has 1 amide bonds. The molecule has 0 unspecified atom stereocenters. The molecule has 3 N–H and O–H groups in total. The van der Waals surface area contributed by atoms with Gasteiger partial charge in [0.2, 0.25) is 0 Å². The van der Waals surface area contributed by atoms with Crippen LogP contribution in [0.4, 0.5) is 5.69 Å². The van der Waals surface area contributed by atoms with Gasteiger partial charge in [0.25, 0.3) is 5.91 Å². The maximum atomic E-state index is 11.7. The van der Waals surface area contributed by atoms with E-state index in [1.807, 2.05) is 0 Å². The number of amides is 1. The van der Waals surface area contributed by atoms with E-state index in [-0.39, 0.29) is 5.91 Å². The maximum Gasteiger partial charge on any atom is 0.251 e. The number of carbonyl (C=O) groups excluding carboxylic acids is 1. The summed E-state index contributed by atoms with van der Waals surface area (Å²) in [7, 11) is 0. The van der Waals surface area contributed by atoms with Crippen LogP contribution < -0.4 is 11.1 Å². The molecule has 0 spiro atoms. The fraction of sp³-hybridized carbons (Fsp3) is 0.417. The molecule has 2 rings (SSSR count). The molecule has 86 valence electrons. The molecule has 0 bridgehead atoms. The van der Waals surface area contributed by atoms with E-state index >= 15 is 0 Å². The van der Waals surface area contributed by atoms with Crippen molar-refractivity contribution in [3.8, 4) is 0 Å². The average Bonchev–Trinajstić information content (AvgIpc) is 3.06. The minimum atomic E-state index is -0.0418. The molecule has 0 aromatic heterocycles. The molecule has 1 aromatic rings. The fourth-order valence-corrected chi connectivity index (χ4v) is 1.83. The lowest BCUT2D eigenvalue weighted by Crippen LogP contribution is -2.24. The first-order valence-corrected chi connectivity index (χ1v) is 6.29. The highest BCUT2D eigenvalue weighted by Crippen LogP contribution is 2.31. The van der Waals surface area contributed by atoms with Crippen LogP contribution in [0.5, 0.6) is 0 Å². The smallest absolute Gasteiger partial charge is 0.251 e. The maximum absolute atomic E-state index is 11.7. The lowest BCUT2D eigenvalue weighted by molar-refractivity contribution is 0.0952. The number of anilines is 1. The van der Waals surface area contributed by atoms with Gasteiger partial charge in [0.1, 0.15) is 0 Å². The number of nitrogen functional groups attached to an aromatic ring is 1. The van der Waals surface area contributed by atoms with Crippen LogP contribution >= 0.6 is 15.9 Å². The van der Waals surface area contributed by atoms with Crippen LogP contribution in [0.15, 0.2) is 22.7 Å². The van der Waals surface area contributed by atoms with E-state index in [9.17, 15) is 4.79 Å². The Kier molecular flexibility index (Phi) is 3.49. The van der Waals surface area contributed by atoms with Gasteiger partial charge < -0.3 is 11.1 Å². The van der Waals surface area contributed by atoms with Gasteiger partial charge in [-0.1, -0.05) is 12.8 Å². The lowest BCUT2D eigenvalue weighted by atomic mass is 10.2. The van der Waals surface area contributed by atoms with Crippen LogP contribution in [0.25, 0.3) is 0 Å². The first-order valence-electron chi connectivity index (χ1n) is 5.50. The molecular formula is C12H15BrN2O. The van der Waals surface area contributed by atoms with Gasteiger partial charge in [-0.15, -0.1) is 0 Å². The van der Waals surface area contributed by atoms with Gasteiger partial charge in [-0.25, -0.2) is 0 Å². The van der Waals surface area contributed by atoms with Gasteiger partial charge in [0, 0.05) is 22.3 Å². The zero-order chi connectivity index (χ0) is 11.5. The van der Waals surface area contributed by atoms with E-state index in [1.54, 1.807) is 18.2 Å². The van der Waals surface area contributed by atoms with E-state index in [1.165, 1.54) is 12.8 Å². The highest BCUT2D eigenvalue weighted by Gasteiger charge is 2.20. The number of benzene rings is 1.